The lowest BCUT2D eigenvalue weighted by Gasteiger charge is -2.13. The molecule has 0 bridgehead atoms. The molecule has 0 radical (unpaired) electrons. The molecule has 6 rings (SSSR count). The van der Waals surface area contributed by atoms with Crippen molar-refractivity contribution in [2.75, 3.05) is 13.2 Å². The van der Waals surface area contributed by atoms with Gasteiger partial charge in [0.05, 0.1) is 24.3 Å². The summed E-state index contributed by atoms with van der Waals surface area (Å²) >= 11 is 0. The van der Waals surface area contributed by atoms with Gasteiger partial charge in [0.25, 0.3) is 0 Å². The minimum absolute atomic E-state index is 0.321. The van der Waals surface area contributed by atoms with Gasteiger partial charge in [-0.15, -0.1) is 0 Å². The van der Waals surface area contributed by atoms with Crippen LogP contribution >= 0.6 is 0 Å². The fourth-order valence-electron chi connectivity index (χ4n) is 5.36. The molecule has 4 nitrogen and oxygen atoms in total. The summed E-state index contributed by atoms with van der Waals surface area (Å²) in [6.45, 7) is 4.26. The second kappa shape index (κ2) is 8.65. The molecule has 0 unspecified atom stereocenters. The fourth-order valence-corrected chi connectivity index (χ4v) is 5.36. The Morgan fingerprint density at radius 1 is 0.500 bits per heavy atom. The van der Waals surface area contributed by atoms with E-state index in [-0.39, 0.29) is 11.9 Å². The van der Waals surface area contributed by atoms with E-state index < -0.39 is 0 Å². The minimum atomic E-state index is -0.336. The van der Waals surface area contributed by atoms with Crippen LogP contribution in [-0.4, -0.2) is 25.2 Å². The SMILES string of the molecule is CCOC(=O)c1ccc2c(c1)/C(=C1/c3ccccc3-c3ccc(C(=O)OCC)cc31)c1ccccc1-2. The molecule has 0 aromatic heterocycles. The van der Waals surface area contributed by atoms with Crippen molar-refractivity contribution >= 4 is 23.1 Å². The first-order valence-corrected chi connectivity index (χ1v) is 12.2. The normalized spacial score (nSPS) is 14.5. The second-order valence-electron chi connectivity index (χ2n) is 8.80. The third-order valence-corrected chi connectivity index (χ3v) is 6.82. The number of carbonyl (C=O) groups excluding carboxylic acids is 2. The van der Waals surface area contributed by atoms with Crippen molar-refractivity contribution in [3.63, 3.8) is 0 Å². The molecule has 36 heavy (non-hydrogen) atoms. The number of ether oxygens (including phenoxy) is 2. The molecule has 0 fully saturated rings. The van der Waals surface area contributed by atoms with E-state index in [0.29, 0.717) is 24.3 Å². The highest BCUT2D eigenvalue weighted by atomic mass is 16.5. The summed E-state index contributed by atoms with van der Waals surface area (Å²) in [5.41, 5.74) is 11.7. The van der Waals surface area contributed by atoms with Gasteiger partial charge in [-0.2, -0.15) is 0 Å². The van der Waals surface area contributed by atoms with Gasteiger partial charge >= 0.3 is 11.9 Å². The lowest BCUT2D eigenvalue weighted by Crippen LogP contribution is -2.05. The van der Waals surface area contributed by atoms with E-state index in [2.05, 4.69) is 24.3 Å². The number of rotatable bonds is 4. The molecule has 0 N–H and O–H groups in total. The van der Waals surface area contributed by atoms with Crippen molar-refractivity contribution in [1.82, 2.24) is 0 Å². The molecule has 0 atom stereocenters. The quantitative estimate of drug-likeness (QED) is 0.259. The Morgan fingerprint density at radius 2 is 0.861 bits per heavy atom. The monoisotopic (exact) mass is 472 g/mol. The number of carbonyl (C=O) groups is 2. The van der Waals surface area contributed by atoms with Crippen LogP contribution in [0, 0.1) is 0 Å². The van der Waals surface area contributed by atoms with Gasteiger partial charge in [-0.1, -0.05) is 60.7 Å². The average molecular weight is 473 g/mol. The average Bonchev–Trinajstić information content (AvgIpc) is 3.40. The maximum absolute atomic E-state index is 12.6. The molecule has 176 valence electrons. The summed E-state index contributed by atoms with van der Waals surface area (Å²) in [5, 5.41) is 0. The number of benzene rings is 4. The van der Waals surface area contributed by atoms with E-state index in [1.54, 1.807) is 0 Å². The zero-order valence-electron chi connectivity index (χ0n) is 20.1. The van der Waals surface area contributed by atoms with Crippen molar-refractivity contribution in [2.45, 2.75) is 13.8 Å². The molecule has 0 saturated heterocycles. The summed E-state index contributed by atoms with van der Waals surface area (Å²) in [4.78, 5) is 25.3. The Labute approximate surface area is 209 Å². The van der Waals surface area contributed by atoms with E-state index in [4.69, 9.17) is 9.47 Å². The largest absolute Gasteiger partial charge is 0.462 e. The lowest BCUT2D eigenvalue weighted by molar-refractivity contribution is 0.0516. The summed E-state index contributed by atoms with van der Waals surface area (Å²) in [7, 11) is 0. The molecule has 0 heterocycles. The standard InChI is InChI=1S/C32H24O4/c1-3-35-31(33)19-13-15-23-21-9-5-7-11-25(21)29(27(23)17-19)30-26-12-8-6-10-22(26)24-16-14-20(18-28(24)30)32(34)36-4-2/h5-18H,3-4H2,1-2H3/b30-29-. The Bertz CT molecular complexity index is 1470. The predicted molar refractivity (Wildman–Crippen MR) is 141 cm³/mol. The Kier molecular flexibility index (Phi) is 5.30. The first-order chi connectivity index (χ1) is 17.6. The Hall–Kier alpha value is -4.44. The molecule has 4 aromatic rings. The van der Waals surface area contributed by atoms with Gasteiger partial charge in [-0.25, -0.2) is 9.59 Å². The molecular formula is C32H24O4. The molecule has 0 aliphatic heterocycles. The van der Waals surface area contributed by atoms with Crippen LogP contribution in [-0.2, 0) is 9.47 Å². The number of hydrogen-bond donors (Lipinski definition) is 0. The summed E-state index contributed by atoms with van der Waals surface area (Å²) < 4.78 is 10.6. The molecule has 0 amide bonds. The van der Waals surface area contributed by atoms with E-state index in [1.165, 1.54) is 0 Å². The highest BCUT2D eigenvalue weighted by Gasteiger charge is 2.33. The van der Waals surface area contributed by atoms with Crippen LogP contribution < -0.4 is 0 Å². The van der Waals surface area contributed by atoms with Crippen molar-refractivity contribution in [3.05, 3.63) is 118 Å². The van der Waals surface area contributed by atoms with E-state index >= 15 is 0 Å². The predicted octanol–water partition coefficient (Wildman–Crippen LogP) is 7.01. The second-order valence-corrected chi connectivity index (χ2v) is 8.80. The lowest BCUT2D eigenvalue weighted by atomic mass is 9.90. The maximum Gasteiger partial charge on any atom is 0.338 e. The van der Waals surface area contributed by atoms with Gasteiger partial charge in [-0.05, 0) is 93.8 Å². The van der Waals surface area contributed by atoms with Gasteiger partial charge < -0.3 is 9.47 Å². The van der Waals surface area contributed by atoms with Crippen molar-refractivity contribution in [3.8, 4) is 22.3 Å². The summed E-state index contributed by atoms with van der Waals surface area (Å²) in [5.74, 6) is -0.671. The Morgan fingerprint density at radius 3 is 1.25 bits per heavy atom. The smallest absolute Gasteiger partial charge is 0.338 e. The van der Waals surface area contributed by atoms with Crippen LogP contribution in [0.2, 0.25) is 0 Å². The number of esters is 2. The van der Waals surface area contributed by atoms with Gasteiger partial charge in [-0.3, -0.25) is 0 Å². The minimum Gasteiger partial charge on any atom is -0.462 e. The zero-order chi connectivity index (χ0) is 24.8. The van der Waals surface area contributed by atoms with Crippen LogP contribution in [0.3, 0.4) is 0 Å². The van der Waals surface area contributed by atoms with E-state index in [1.807, 2.05) is 74.5 Å². The first-order valence-electron chi connectivity index (χ1n) is 12.2. The maximum atomic E-state index is 12.6. The van der Waals surface area contributed by atoms with Gasteiger partial charge in [0.1, 0.15) is 0 Å². The topological polar surface area (TPSA) is 52.6 Å². The van der Waals surface area contributed by atoms with Crippen LogP contribution in [0.1, 0.15) is 56.8 Å². The molecular weight excluding hydrogens is 448 g/mol. The van der Waals surface area contributed by atoms with Gasteiger partial charge in [0, 0.05) is 0 Å². The number of hydrogen-bond acceptors (Lipinski definition) is 4. The molecule has 4 aromatic carbocycles. The van der Waals surface area contributed by atoms with Crippen molar-refractivity contribution < 1.29 is 19.1 Å². The summed E-state index contributed by atoms with van der Waals surface area (Å²) in [6, 6.07) is 28.2. The number of fused-ring (bicyclic) bond motifs is 6. The fraction of sp³-hybridized carbons (Fsp3) is 0.125. The highest BCUT2D eigenvalue weighted by molar-refractivity contribution is 6.19. The highest BCUT2D eigenvalue weighted by Crippen LogP contribution is 2.54. The summed E-state index contributed by atoms with van der Waals surface area (Å²) in [6.07, 6.45) is 0. The van der Waals surface area contributed by atoms with Crippen molar-refractivity contribution in [2.24, 2.45) is 0 Å². The van der Waals surface area contributed by atoms with E-state index in [0.717, 1.165) is 55.7 Å². The third kappa shape index (κ3) is 3.29. The first kappa shape index (κ1) is 22.1. The van der Waals surface area contributed by atoms with Gasteiger partial charge in [0.15, 0.2) is 0 Å². The van der Waals surface area contributed by atoms with E-state index in [9.17, 15) is 9.59 Å². The Balaban J connectivity index is 1.68. The third-order valence-electron chi connectivity index (χ3n) is 6.82. The zero-order valence-corrected chi connectivity index (χ0v) is 20.1. The molecule has 2 aliphatic carbocycles. The van der Waals surface area contributed by atoms with Crippen LogP contribution in [0.25, 0.3) is 33.4 Å². The van der Waals surface area contributed by atoms with Crippen LogP contribution in [0.4, 0.5) is 0 Å². The molecule has 4 heteroatoms. The van der Waals surface area contributed by atoms with Gasteiger partial charge in [0.2, 0.25) is 0 Å². The van der Waals surface area contributed by atoms with Crippen LogP contribution in [0.15, 0.2) is 84.9 Å². The van der Waals surface area contributed by atoms with Crippen LogP contribution in [0.5, 0.6) is 0 Å². The molecule has 0 spiro atoms. The molecule has 2 aliphatic rings. The van der Waals surface area contributed by atoms with Crippen molar-refractivity contribution in [1.29, 1.82) is 0 Å². The molecule has 0 saturated carbocycles.